The molecule has 11 heavy (non-hydrogen) atoms. The molecule has 2 rings (SSSR count). The Morgan fingerprint density at radius 1 is 1.45 bits per heavy atom. The number of hydrogen-bond acceptors (Lipinski definition) is 5. The minimum absolute atomic E-state index is 0.791. The van der Waals surface area contributed by atoms with Gasteiger partial charge in [0.25, 0.3) is 0 Å². The lowest BCUT2D eigenvalue weighted by Crippen LogP contribution is -2.36. The van der Waals surface area contributed by atoms with Gasteiger partial charge in [0, 0.05) is 13.1 Å². The van der Waals surface area contributed by atoms with Gasteiger partial charge in [-0.15, -0.1) is 0 Å². The molecule has 1 aliphatic heterocycles. The summed E-state index contributed by atoms with van der Waals surface area (Å²) in [6.45, 7) is 3.41. The largest absolute Gasteiger partial charge is 0.378 e. The highest BCUT2D eigenvalue weighted by Gasteiger charge is 2.12. The van der Waals surface area contributed by atoms with Crippen molar-refractivity contribution in [3.63, 3.8) is 0 Å². The summed E-state index contributed by atoms with van der Waals surface area (Å²) >= 11 is 1.39. The van der Waals surface area contributed by atoms with Gasteiger partial charge in [-0.25, -0.2) is 4.98 Å². The Kier molecular flexibility index (Phi) is 2.00. The van der Waals surface area contributed by atoms with E-state index in [1.165, 1.54) is 11.5 Å². The van der Waals surface area contributed by atoms with Crippen molar-refractivity contribution in [1.82, 2.24) is 9.36 Å². The van der Waals surface area contributed by atoms with Gasteiger partial charge in [-0.2, -0.15) is 4.37 Å². The first kappa shape index (κ1) is 7.00. The van der Waals surface area contributed by atoms with E-state index in [0.29, 0.717) is 0 Å². The average Bonchev–Trinajstić information content (AvgIpc) is 2.58. The number of aromatic nitrogens is 2. The first-order valence-corrected chi connectivity index (χ1v) is 4.39. The van der Waals surface area contributed by atoms with E-state index in [9.17, 15) is 0 Å². The summed E-state index contributed by atoms with van der Waals surface area (Å²) in [4.78, 5) is 6.26. The molecule has 0 aromatic carbocycles. The fourth-order valence-corrected chi connectivity index (χ4v) is 1.51. The fraction of sp³-hybridized carbons (Fsp3) is 0.667. The van der Waals surface area contributed by atoms with Gasteiger partial charge in [-0.05, 0) is 11.5 Å². The van der Waals surface area contributed by atoms with Crippen LogP contribution in [0.1, 0.15) is 0 Å². The lowest BCUT2D eigenvalue weighted by atomic mass is 10.4. The summed E-state index contributed by atoms with van der Waals surface area (Å²) in [7, 11) is 0. The Morgan fingerprint density at radius 3 is 2.91 bits per heavy atom. The van der Waals surface area contributed by atoms with E-state index in [2.05, 4.69) is 14.3 Å². The van der Waals surface area contributed by atoms with E-state index in [4.69, 9.17) is 4.74 Å². The van der Waals surface area contributed by atoms with Crippen molar-refractivity contribution in [2.45, 2.75) is 0 Å². The summed E-state index contributed by atoms with van der Waals surface area (Å²) in [5, 5.41) is 0. The van der Waals surface area contributed by atoms with Gasteiger partial charge in [-0.3, -0.25) is 0 Å². The Balaban J connectivity index is 2.04. The van der Waals surface area contributed by atoms with Crippen LogP contribution >= 0.6 is 11.5 Å². The second kappa shape index (κ2) is 3.15. The minimum atomic E-state index is 0.791. The maximum atomic E-state index is 5.20. The van der Waals surface area contributed by atoms with Crippen molar-refractivity contribution in [3.05, 3.63) is 5.51 Å². The highest BCUT2D eigenvalue weighted by atomic mass is 32.1. The van der Waals surface area contributed by atoms with Crippen LogP contribution in [0.3, 0.4) is 0 Å². The van der Waals surface area contributed by atoms with Gasteiger partial charge >= 0.3 is 0 Å². The quantitative estimate of drug-likeness (QED) is 0.612. The Labute approximate surface area is 69.0 Å². The molecule has 5 heteroatoms. The molecule has 1 saturated heterocycles. The van der Waals surface area contributed by atoms with Crippen molar-refractivity contribution in [2.75, 3.05) is 31.2 Å². The van der Waals surface area contributed by atoms with Gasteiger partial charge in [0.2, 0.25) is 5.95 Å². The van der Waals surface area contributed by atoms with E-state index < -0.39 is 0 Å². The van der Waals surface area contributed by atoms with Gasteiger partial charge in [0.1, 0.15) is 5.51 Å². The van der Waals surface area contributed by atoms with E-state index in [1.54, 1.807) is 5.51 Å². The molecule has 0 radical (unpaired) electrons. The van der Waals surface area contributed by atoms with Gasteiger partial charge in [-0.1, -0.05) is 0 Å². The third-order valence-electron chi connectivity index (χ3n) is 1.64. The molecule has 0 unspecified atom stereocenters. The fourth-order valence-electron chi connectivity index (χ4n) is 1.07. The molecule has 1 aromatic rings. The van der Waals surface area contributed by atoms with Crippen LogP contribution in [0.15, 0.2) is 5.51 Å². The molecule has 1 aliphatic rings. The molecule has 0 amide bonds. The predicted molar refractivity (Wildman–Crippen MR) is 42.9 cm³/mol. The van der Waals surface area contributed by atoms with Crippen LogP contribution in [-0.2, 0) is 4.74 Å². The van der Waals surface area contributed by atoms with E-state index in [-0.39, 0.29) is 0 Å². The van der Waals surface area contributed by atoms with Crippen LogP contribution in [0.4, 0.5) is 5.95 Å². The topological polar surface area (TPSA) is 38.2 Å². The molecule has 1 aromatic heterocycles. The normalized spacial score (nSPS) is 18.7. The highest BCUT2D eigenvalue weighted by Crippen LogP contribution is 2.09. The second-order valence-corrected chi connectivity index (χ2v) is 2.93. The number of hydrogen-bond donors (Lipinski definition) is 0. The van der Waals surface area contributed by atoms with Gasteiger partial charge in [0.15, 0.2) is 0 Å². The third-order valence-corrected chi connectivity index (χ3v) is 2.11. The lowest BCUT2D eigenvalue weighted by molar-refractivity contribution is 0.122. The van der Waals surface area contributed by atoms with Crippen molar-refractivity contribution in [2.24, 2.45) is 0 Å². The predicted octanol–water partition coefficient (Wildman–Crippen LogP) is 0.375. The lowest BCUT2D eigenvalue weighted by Gasteiger charge is -2.25. The Morgan fingerprint density at radius 2 is 2.27 bits per heavy atom. The second-order valence-electron chi connectivity index (χ2n) is 2.33. The molecule has 4 nitrogen and oxygen atoms in total. The molecule has 0 aliphatic carbocycles. The minimum Gasteiger partial charge on any atom is -0.378 e. The van der Waals surface area contributed by atoms with Crippen molar-refractivity contribution in [3.8, 4) is 0 Å². The maximum absolute atomic E-state index is 5.20. The summed E-state index contributed by atoms with van der Waals surface area (Å²) in [5.74, 6) is 0.846. The van der Waals surface area contributed by atoms with Crippen LogP contribution < -0.4 is 4.90 Å². The molecular weight excluding hydrogens is 162 g/mol. The monoisotopic (exact) mass is 171 g/mol. The van der Waals surface area contributed by atoms with E-state index >= 15 is 0 Å². The summed E-state index contributed by atoms with van der Waals surface area (Å²) in [6.07, 6.45) is 0. The molecule has 0 N–H and O–H groups in total. The molecule has 0 saturated carbocycles. The first-order chi connectivity index (χ1) is 5.47. The smallest absolute Gasteiger partial charge is 0.237 e. The van der Waals surface area contributed by atoms with E-state index in [0.717, 1.165) is 32.3 Å². The number of ether oxygens (including phenoxy) is 1. The third kappa shape index (κ3) is 1.49. The average molecular weight is 171 g/mol. The van der Waals surface area contributed by atoms with Crippen LogP contribution in [0.2, 0.25) is 0 Å². The zero-order chi connectivity index (χ0) is 7.52. The van der Waals surface area contributed by atoms with Crippen LogP contribution in [0.5, 0.6) is 0 Å². The highest BCUT2D eigenvalue weighted by molar-refractivity contribution is 7.03. The molecule has 0 atom stereocenters. The Hall–Kier alpha value is -0.680. The molecular formula is C6H9N3OS. The van der Waals surface area contributed by atoms with Gasteiger partial charge < -0.3 is 9.64 Å². The van der Waals surface area contributed by atoms with Crippen molar-refractivity contribution >= 4 is 17.5 Å². The van der Waals surface area contributed by atoms with Crippen molar-refractivity contribution in [1.29, 1.82) is 0 Å². The number of morpholine rings is 1. The number of rotatable bonds is 1. The zero-order valence-electron chi connectivity index (χ0n) is 6.06. The van der Waals surface area contributed by atoms with Gasteiger partial charge in [0.05, 0.1) is 13.2 Å². The number of nitrogens with zero attached hydrogens (tertiary/aromatic N) is 3. The maximum Gasteiger partial charge on any atom is 0.237 e. The Bertz CT molecular complexity index is 208. The van der Waals surface area contributed by atoms with Crippen LogP contribution in [0, 0.1) is 0 Å². The SMILES string of the molecule is c1nc(N2CCOCC2)ns1. The first-order valence-electron chi connectivity index (χ1n) is 3.56. The zero-order valence-corrected chi connectivity index (χ0v) is 6.88. The number of anilines is 1. The van der Waals surface area contributed by atoms with Crippen molar-refractivity contribution < 1.29 is 4.74 Å². The summed E-state index contributed by atoms with van der Waals surface area (Å²) < 4.78 is 9.34. The standard InChI is InChI=1S/C6H9N3OS/c1-3-10-4-2-9(1)6-7-5-11-8-6/h5H,1-4H2. The van der Waals surface area contributed by atoms with Crippen LogP contribution in [0.25, 0.3) is 0 Å². The van der Waals surface area contributed by atoms with Crippen LogP contribution in [-0.4, -0.2) is 35.7 Å². The summed E-state index contributed by atoms with van der Waals surface area (Å²) in [6, 6.07) is 0. The molecule has 2 heterocycles. The molecule has 60 valence electrons. The molecule has 0 bridgehead atoms. The van der Waals surface area contributed by atoms with E-state index in [1.807, 2.05) is 0 Å². The summed E-state index contributed by atoms with van der Waals surface area (Å²) in [5.41, 5.74) is 1.75. The molecule has 1 fully saturated rings. The molecule has 0 spiro atoms.